The number of rotatable bonds is 8. The van der Waals surface area contributed by atoms with Crippen molar-refractivity contribution < 1.29 is 23.7 Å². The molecular formula is C25H28O5. The molecule has 30 heavy (non-hydrogen) atoms. The Morgan fingerprint density at radius 3 is 1.53 bits per heavy atom. The zero-order valence-corrected chi connectivity index (χ0v) is 18.0. The normalized spacial score (nSPS) is 16.2. The molecule has 0 amide bonds. The second-order valence-electron chi connectivity index (χ2n) is 6.85. The highest BCUT2D eigenvalue weighted by Crippen LogP contribution is 2.34. The van der Waals surface area contributed by atoms with Gasteiger partial charge in [0.2, 0.25) is 0 Å². The molecule has 1 aliphatic rings. The maximum absolute atomic E-state index is 12.9. The van der Waals surface area contributed by atoms with Crippen LogP contribution in [0.4, 0.5) is 0 Å². The van der Waals surface area contributed by atoms with E-state index in [1.807, 2.05) is 62.4 Å². The second-order valence-corrected chi connectivity index (χ2v) is 6.85. The molecule has 0 unspecified atom stereocenters. The van der Waals surface area contributed by atoms with Crippen molar-refractivity contribution in [1.29, 1.82) is 0 Å². The van der Waals surface area contributed by atoms with Gasteiger partial charge in [0.1, 0.15) is 0 Å². The quantitative estimate of drug-likeness (QED) is 0.553. The summed E-state index contributed by atoms with van der Waals surface area (Å²) >= 11 is 0. The minimum Gasteiger partial charge on any atom is -0.493 e. The first-order valence-electron chi connectivity index (χ1n) is 10.2. The molecule has 0 radical (unpaired) electrons. The summed E-state index contributed by atoms with van der Waals surface area (Å²) in [5.41, 5.74) is 3.43. The minimum absolute atomic E-state index is 0.0794. The first-order chi connectivity index (χ1) is 14.6. The molecule has 1 fully saturated rings. The highest BCUT2D eigenvalue weighted by atomic mass is 16.5. The summed E-state index contributed by atoms with van der Waals surface area (Å²) < 4.78 is 21.9. The maximum atomic E-state index is 12.9. The molecule has 0 N–H and O–H groups in total. The topological polar surface area (TPSA) is 54.0 Å². The van der Waals surface area contributed by atoms with E-state index in [2.05, 4.69) is 0 Å². The third-order valence-corrected chi connectivity index (χ3v) is 4.90. The number of allylic oxidation sites excluding steroid dienone is 2. The van der Waals surface area contributed by atoms with Gasteiger partial charge in [0.15, 0.2) is 28.8 Å². The monoisotopic (exact) mass is 408 g/mol. The van der Waals surface area contributed by atoms with E-state index >= 15 is 0 Å². The van der Waals surface area contributed by atoms with Gasteiger partial charge in [0, 0.05) is 11.1 Å². The number of hydrogen-bond acceptors (Lipinski definition) is 5. The fourth-order valence-corrected chi connectivity index (χ4v) is 3.48. The number of carbonyl (C=O) groups excluding carboxylic acids is 1. The van der Waals surface area contributed by atoms with Crippen molar-refractivity contribution in [2.24, 2.45) is 0 Å². The molecule has 3 rings (SSSR count). The summed E-state index contributed by atoms with van der Waals surface area (Å²) in [4.78, 5) is 12.9. The molecule has 2 aromatic rings. The number of carbonyl (C=O) groups is 1. The van der Waals surface area contributed by atoms with Gasteiger partial charge >= 0.3 is 0 Å². The molecule has 0 aliphatic heterocycles. The largest absolute Gasteiger partial charge is 0.493 e. The van der Waals surface area contributed by atoms with Crippen LogP contribution in [0.3, 0.4) is 0 Å². The van der Waals surface area contributed by atoms with Crippen molar-refractivity contribution >= 4 is 17.9 Å². The van der Waals surface area contributed by atoms with Crippen molar-refractivity contribution in [3.05, 3.63) is 58.7 Å². The summed E-state index contributed by atoms with van der Waals surface area (Å²) in [5.74, 6) is 2.80. The average Bonchev–Trinajstić information content (AvgIpc) is 3.09. The van der Waals surface area contributed by atoms with Gasteiger partial charge in [0.05, 0.1) is 27.4 Å². The molecule has 2 aromatic carbocycles. The van der Waals surface area contributed by atoms with Crippen molar-refractivity contribution in [3.63, 3.8) is 0 Å². The van der Waals surface area contributed by atoms with Crippen LogP contribution in [0.25, 0.3) is 12.2 Å². The van der Waals surface area contributed by atoms with Crippen LogP contribution in [0.15, 0.2) is 47.5 Å². The lowest BCUT2D eigenvalue weighted by atomic mass is 10.1. The van der Waals surface area contributed by atoms with Gasteiger partial charge in [-0.25, -0.2) is 0 Å². The summed E-state index contributed by atoms with van der Waals surface area (Å²) in [6.45, 7) is 5.00. The predicted octanol–water partition coefficient (Wildman–Crippen LogP) is 5.33. The Morgan fingerprint density at radius 1 is 0.733 bits per heavy atom. The zero-order chi connectivity index (χ0) is 21.5. The van der Waals surface area contributed by atoms with Crippen LogP contribution in [-0.4, -0.2) is 33.2 Å². The highest BCUT2D eigenvalue weighted by molar-refractivity contribution is 6.15. The van der Waals surface area contributed by atoms with E-state index in [0.29, 0.717) is 49.1 Å². The molecule has 0 saturated heterocycles. The molecule has 0 aromatic heterocycles. The van der Waals surface area contributed by atoms with Gasteiger partial charge in [0.25, 0.3) is 0 Å². The van der Waals surface area contributed by atoms with E-state index < -0.39 is 0 Å². The van der Waals surface area contributed by atoms with Gasteiger partial charge in [-0.3, -0.25) is 4.79 Å². The zero-order valence-electron chi connectivity index (χ0n) is 18.0. The van der Waals surface area contributed by atoms with Crippen molar-refractivity contribution in [2.75, 3.05) is 27.4 Å². The van der Waals surface area contributed by atoms with Gasteiger partial charge in [-0.05, 0) is 74.2 Å². The number of methoxy groups -OCH3 is 2. The van der Waals surface area contributed by atoms with Crippen molar-refractivity contribution in [1.82, 2.24) is 0 Å². The molecule has 5 heteroatoms. The Bertz CT molecular complexity index is 894. The molecular weight excluding hydrogens is 380 g/mol. The third-order valence-electron chi connectivity index (χ3n) is 4.90. The fraction of sp³-hybridized carbons (Fsp3) is 0.320. The van der Waals surface area contributed by atoms with Gasteiger partial charge in [-0.15, -0.1) is 0 Å². The lowest BCUT2D eigenvalue weighted by molar-refractivity contribution is -0.111. The van der Waals surface area contributed by atoms with E-state index in [0.717, 1.165) is 22.3 Å². The molecule has 158 valence electrons. The predicted molar refractivity (Wildman–Crippen MR) is 119 cm³/mol. The summed E-state index contributed by atoms with van der Waals surface area (Å²) in [6.07, 6.45) is 5.29. The third kappa shape index (κ3) is 4.85. The smallest absolute Gasteiger partial charge is 0.185 e. The molecule has 0 atom stereocenters. The van der Waals surface area contributed by atoms with Crippen molar-refractivity contribution in [3.8, 4) is 23.0 Å². The fourth-order valence-electron chi connectivity index (χ4n) is 3.48. The van der Waals surface area contributed by atoms with Crippen LogP contribution in [0.5, 0.6) is 23.0 Å². The average molecular weight is 408 g/mol. The van der Waals surface area contributed by atoms with Gasteiger partial charge in [-0.1, -0.05) is 12.1 Å². The minimum atomic E-state index is 0.0794. The standard InChI is InChI=1S/C25H28O5/c1-5-29-21-11-7-17(15-23(21)27-3)13-19-9-10-20(25(19)26)14-18-8-12-22(30-6-2)24(16-18)28-4/h7-8,11-16H,5-6,9-10H2,1-4H3/b19-13+,20-14+. The van der Waals surface area contributed by atoms with Crippen molar-refractivity contribution in [2.45, 2.75) is 26.7 Å². The molecule has 0 heterocycles. The molecule has 0 spiro atoms. The summed E-state index contributed by atoms with van der Waals surface area (Å²) in [6, 6.07) is 11.4. The Morgan fingerprint density at radius 2 is 1.17 bits per heavy atom. The SMILES string of the molecule is CCOc1ccc(/C=C2\CC/C(=C\c3ccc(OCC)c(OC)c3)C2=O)cc1OC. The van der Waals surface area contributed by atoms with Gasteiger partial charge < -0.3 is 18.9 Å². The lowest BCUT2D eigenvalue weighted by Gasteiger charge is -2.10. The molecule has 0 bridgehead atoms. The summed E-state index contributed by atoms with van der Waals surface area (Å²) in [5, 5.41) is 0. The van der Waals surface area contributed by atoms with E-state index in [9.17, 15) is 4.79 Å². The first-order valence-corrected chi connectivity index (χ1v) is 10.2. The van der Waals surface area contributed by atoms with E-state index in [1.165, 1.54) is 0 Å². The first kappa shape index (κ1) is 21.5. The van der Waals surface area contributed by atoms with Crippen LogP contribution in [0, 0.1) is 0 Å². The highest BCUT2D eigenvalue weighted by Gasteiger charge is 2.23. The lowest BCUT2D eigenvalue weighted by Crippen LogP contribution is -1.98. The van der Waals surface area contributed by atoms with Crippen LogP contribution in [-0.2, 0) is 4.79 Å². The van der Waals surface area contributed by atoms with E-state index in [1.54, 1.807) is 14.2 Å². The van der Waals surface area contributed by atoms with Crippen LogP contribution in [0.1, 0.15) is 37.8 Å². The Kier molecular flexibility index (Phi) is 7.17. The Hall–Kier alpha value is -3.21. The number of ketones is 1. The number of ether oxygens (including phenoxy) is 4. The molecule has 1 saturated carbocycles. The van der Waals surface area contributed by atoms with Crippen LogP contribution >= 0.6 is 0 Å². The van der Waals surface area contributed by atoms with Crippen LogP contribution in [0.2, 0.25) is 0 Å². The van der Waals surface area contributed by atoms with E-state index in [4.69, 9.17) is 18.9 Å². The Labute approximate surface area is 177 Å². The number of Topliss-reactive ketones (excluding diaryl/α,β-unsaturated/α-hetero) is 1. The van der Waals surface area contributed by atoms with E-state index in [-0.39, 0.29) is 5.78 Å². The maximum Gasteiger partial charge on any atom is 0.185 e. The van der Waals surface area contributed by atoms with Crippen LogP contribution < -0.4 is 18.9 Å². The van der Waals surface area contributed by atoms with Gasteiger partial charge in [-0.2, -0.15) is 0 Å². The summed E-state index contributed by atoms with van der Waals surface area (Å²) in [7, 11) is 3.23. The number of benzene rings is 2. The molecule has 1 aliphatic carbocycles. The second kappa shape index (κ2) is 10.0. The Balaban J connectivity index is 1.82. The number of hydrogen-bond donors (Lipinski definition) is 0. The molecule has 5 nitrogen and oxygen atoms in total.